The van der Waals surface area contributed by atoms with E-state index in [1.807, 2.05) is 0 Å². The van der Waals surface area contributed by atoms with Gasteiger partial charge in [-0.1, -0.05) is 6.07 Å². The first-order chi connectivity index (χ1) is 5.82. The van der Waals surface area contributed by atoms with Crippen LogP contribution >= 0.6 is 15.9 Å². The number of hydrogen-bond donors (Lipinski definition) is 1. The Bertz CT molecular complexity index is 328. The van der Waals surface area contributed by atoms with Crippen molar-refractivity contribution in [3.8, 4) is 0 Å². The van der Waals surface area contributed by atoms with Gasteiger partial charge in [-0.25, -0.2) is 4.39 Å². The summed E-state index contributed by atoms with van der Waals surface area (Å²) in [5, 5.41) is 9.72. The molecule has 0 radical (unpaired) electrons. The average Bonchev–Trinajstić information content (AvgIpc) is 1.94. The summed E-state index contributed by atoms with van der Waals surface area (Å²) in [6.45, 7) is 5.06. The summed E-state index contributed by atoms with van der Waals surface area (Å²) < 4.78 is 13.6. The summed E-state index contributed by atoms with van der Waals surface area (Å²) in [5.41, 5.74) is 0.355. The van der Waals surface area contributed by atoms with Crippen LogP contribution in [0, 0.1) is 12.7 Å². The standard InChI is InChI=1S/C10H12BrFO/c1-6-4-7(10(2,3)13)9(11)8(12)5-6/h4-5,13H,1-3H3. The molecule has 0 aliphatic rings. The lowest BCUT2D eigenvalue weighted by Gasteiger charge is -2.20. The Labute approximate surface area is 85.7 Å². The fourth-order valence-corrected chi connectivity index (χ4v) is 1.88. The molecule has 1 nitrogen and oxygen atoms in total. The van der Waals surface area contributed by atoms with Crippen LogP contribution < -0.4 is 0 Å². The van der Waals surface area contributed by atoms with Crippen molar-refractivity contribution >= 4 is 15.9 Å². The normalized spacial score (nSPS) is 11.8. The third kappa shape index (κ3) is 2.29. The predicted octanol–water partition coefficient (Wildman–Crippen LogP) is 3.12. The monoisotopic (exact) mass is 246 g/mol. The van der Waals surface area contributed by atoms with E-state index >= 15 is 0 Å². The average molecular weight is 247 g/mol. The molecule has 72 valence electrons. The van der Waals surface area contributed by atoms with E-state index in [1.54, 1.807) is 26.8 Å². The second-order valence-corrected chi connectivity index (χ2v) is 4.46. The van der Waals surface area contributed by atoms with Gasteiger partial charge in [-0.15, -0.1) is 0 Å². The fourth-order valence-electron chi connectivity index (χ4n) is 1.17. The van der Waals surface area contributed by atoms with Crippen LogP contribution in [0.4, 0.5) is 4.39 Å². The molecule has 0 spiro atoms. The minimum atomic E-state index is -1.02. The lowest BCUT2D eigenvalue weighted by Crippen LogP contribution is -2.17. The van der Waals surface area contributed by atoms with Gasteiger partial charge < -0.3 is 5.11 Å². The van der Waals surface area contributed by atoms with Gasteiger partial charge in [0.15, 0.2) is 0 Å². The second-order valence-electron chi connectivity index (χ2n) is 3.67. The van der Waals surface area contributed by atoms with E-state index < -0.39 is 5.60 Å². The van der Waals surface area contributed by atoms with Crippen molar-refractivity contribution in [1.29, 1.82) is 0 Å². The summed E-state index contributed by atoms with van der Waals surface area (Å²) in [6.07, 6.45) is 0. The van der Waals surface area contributed by atoms with E-state index in [9.17, 15) is 9.50 Å². The SMILES string of the molecule is Cc1cc(F)c(Br)c(C(C)(C)O)c1. The molecule has 0 aliphatic carbocycles. The van der Waals surface area contributed by atoms with Crippen LogP contribution in [-0.4, -0.2) is 5.11 Å². The molecule has 0 amide bonds. The van der Waals surface area contributed by atoms with Gasteiger partial charge in [-0.2, -0.15) is 0 Å². The molecule has 1 rings (SSSR count). The number of aliphatic hydroxyl groups is 1. The van der Waals surface area contributed by atoms with Gasteiger partial charge in [-0.05, 0) is 48.3 Å². The maximum Gasteiger partial charge on any atom is 0.138 e. The number of benzene rings is 1. The van der Waals surface area contributed by atoms with Crippen molar-refractivity contribution in [3.63, 3.8) is 0 Å². The molecule has 1 aromatic rings. The smallest absolute Gasteiger partial charge is 0.138 e. The zero-order valence-electron chi connectivity index (χ0n) is 7.86. The Balaban J connectivity index is 3.37. The summed E-state index contributed by atoms with van der Waals surface area (Å²) in [4.78, 5) is 0. The Kier molecular flexibility index (Phi) is 2.78. The van der Waals surface area contributed by atoms with E-state index in [-0.39, 0.29) is 5.82 Å². The van der Waals surface area contributed by atoms with E-state index in [0.717, 1.165) is 5.56 Å². The van der Waals surface area contributed by atoms with Gasteiger partial charge in [0.05, 0.1) is 10.1 Å². The number of halogens is 2. The van der Waals surface area contributed by atoms with Crippen molar-refractivity contribution in [2.24, 2.45) is 0 Å². The molecule has 13 heavy (non-hydrogen) atoms. The van der Waals surface area contributed by atoms with Crippen molar-refractivity contribution in [2.75, 3.05) is 0 Å². The Hall–Kier alpha value is -0.410. The largest absolute Gasteiger partial charge is 0.386 e. The quantitative estimate of drug-likeness (QED) is 0.808. The lowest BCUT2D eigenvalue weighted by atomic mass is 9.97. The van der Waals surface area contributed by atoms with E-state index in [1.165, 1.54) is 6.07 Å². The molecule has 0 aliphatic heterocycles. The maximum atomic E-state index is 13.2. The molecule has 1 N–H and O–H groups in total. The molecule has 1 aromatic carbocycles. The highest BCUT2D eigenvalue weighted by atomic mass is 79.9. The molecule has 0 unspecified atom stereocenters. The van der Waals surface area contributed by atoms with Gasteiger partial charge in [-0.3, -0.25) is 0 Å². The van der Waals surface area contributed by atoms with Gasteiger partial charge >= 0.3 is 0 Å². The molecule has 0 aromatic heterocycles. The number of hydrogen-bond acceptors (Lipinski definition) is 1. The molecule has 0 saturated heterocycles. The highest BCUT2D eigenvalue weighted by Gasteiger charge is 2.21. The zero-order chi connectivity index (χ0) is 10.2. The van der Waals surface area contributed by atoms with Gasteiger partial charge in [0.2, 0.25) is 0 Å². The van der Waals surface area contributed by atoms with E-state index in [4.69, 9.17) is 0 Å². The molecule has 0 bridgehead atoms. The summed E-state index contributed by atoms with van der Waals surface area (Å²) in [7, 11) is 0. The molecule has 3 heteroatoms. The highest BCUT2D eigenvalue weighted by molar-refractivity contribution is 9.10. The van der Waals surface area contributed by atoms with Gasteiger partial charge in [0.25, 0.3) is 0 Å². The lowest BCUT2D eigenvalue weighted by molar-refractivity contribution is 0.0773. The van der Waals surface area contributed by atoms with Crippen molar-refractivity contribution in [1.82, 2.24) is 0 Å². The first-order valence-corrected chi connectivity index (χ1v) is 4.80. The highest BCUT2D eigenvalue weighted by Crippen LogP contribution is 2.30. The molecular weight excluding hydrogens is 235 g/mol. The first kappa shape index (κ1) is 10.7. The third-order valence-electron chi connectivity index (χ3n) is 1.83. The summed E-state index contributed by atoms with van der Waals surface area (Å²) in [5.74, 6) is -0.336. The number of rotatable bonds is 1. The second kappa shape index (κ2) is 3.39. The predicted molar refractivity (Wildman–Crippen MR) is 54.1 cm³/mol. The van der Waals surface area contributed by atoms with Crippen LogP contribution in [0.15, 0.2) is 16.6 Å². The minimum Gasteiger partial charge on any atom is -0.386 e. The van der Waals surface area contributed by atoms with Crippen LogP contribution in [0.2, 0.25) is 0 Å². The van der Waals surface area contributed by atoms with Crippen LogP contribution in [0.5, 0.6) is 0 Å². The van der Waals surface area contributed by atoms with Crippen LogP contribution in [0.1, 0.15) is 25.0 Å². The van der Waals surface area contributed by atoms with Crippen LogP contribution in [-0.2, 0) is 5.60 Å². The Morgan fingerprint density at radius 3 is 2.38 bits per heavy atom. The molecule has 0 saturated carbocycles. The zero-order valence-corrected chi connectivity index (χ0v) is 9.44. The van der Waals surface area contributed by atoms with Crippen LogP contribution in [0.3, 0.4) is 0 Å². The Morgan fingerprint density at radius 1 is 1.38 bits per heavy atom. The molecule has 0 heterocycles. The van der Waals surface area contributed by atoms with Crippen molar-refractivity contribution in [2.45, 2.75) is 26.4 Å². The number of aryl methyl sites for hydroxylation is 1. The molecule has 0 fully saturated rings. The topological polar surface area (TPSA) is 20.2 Å². The van der Waals surface area contributed by atoms with Crippen LogP contribution in [0.25, 0.3) is 0 Å². The maximum absolute atomic E-state index is 13.2. The summed E-state index contributed by atoms with van der Waals surface area (Å²) >= 11 is 3.12. The molecular formula is C10H12BrFO. The fraction of sp³-hybridized carbons (Fsp3) is 0.400. The first-order valence-electron chi connectivity index (χ1n) is 4.01. The van der Waals surface area contributed by atoms with Crippen molar-refractivity contribution in [3.05, 3.63) is 33.5 Å². The van der Waals surface area contributed by atoms with Gasteiger partial charge in [0.1, 0.15) is 5.82 Å². The molecule has 0 atom stereocenters. The Morgan fingerprint density at radius 2 is 1.92 bits per heavy atom. The van der Waals surface area contributed by atoms with E-state index in [0.29, 0.717) is 10.0 Å². The minimum absolute atomic E-state index is 0.336. The third-order valence-corrected chi connectivity index (χ3v) is 2.64. The van der Waals surface area contributed by atoms with E-state index in [2.05, 4.69) is 15.9 Å². The van der Waals surface area contributed by atoms with Gasteiger partial charge in [0, 0.05) is 5.56 Å². The summed E-state index contributed by atoms with van der Waals surface area (Å²) in [6, 6.07) is 3.20. The van der Waals surface area contributed by atoms with Crippen molar-refractivity contribution < 1.29 is 9.50 Å².